The lowest BCUT2D eigenvalue weighted by atomic mass is 10.5. The van der Waals surface area contributed by atoms with E-state index in [0.717, 1.165) is 6.20 Å². The van der Waals surface area contributed by atoms with Gasteiger partial charge in [-0.3, -0.25) is 9.97 Å². The van der Waals surface area contributed by atoms with Crippen LogP contribution < -0.4 is 0 Å². The van der Waals surface area contributed by atoms with Crippen molar-refractivity contribution in [3.63, 3.8) is 0 Å². The van der Waals surface area contributed by atoms with Crippen LogP contribution in [0.15, 0.2) is 18.6 Å². The van der Waals surface area contributed by atoms with Crippen molar-refractivity contribution in [3.05, 3.63) is 24.3 Å². The van der Waals surface area contributed by atoms with Gasteiger partial charge in [0, 0.05) is 18.6 Å². The SMILES string of the molecule is O=S(=O)(Cc1cnccn1)C(F)F. The lowest BCUT2D eigenvalue weighted by molar-refractivity contribution is 0.234. The van der Waals surface area contributed by atoms with Gasteiger partial charge in [-0.15, -0.1) is 0 Å². The van der Waals surface area contributed by atoms with Crippen LogP contribution in [0, 0.1) is 0 Å². The molecule has 0 spiro atoms. The highest BCUT2D eigenvalue weighted by molar-refractivity contribution is 7.90. The third-order valence-corrected chi connectivity index (χ3v) is 2.48. The van der Waals surface area contributed by atoms with Crippen molar-refractivity contribution in [1.29, 1.82) is 0 Å². The Morgan fingerprint density at radius 1 is 1.38 bits per heavy atom. The monoisotopic (exact) mass is 208 g/mol. The molecule has 7 heteroatoms. The first-order valence-corrected chi connectivity index (χ1v) is 4.98. The summed E-state index contributed by atoms with van der Waals surface area (Å²) in [6.07, 6.45) is 3.72. The highest BCUT2D eigenvalue weighted by Gasteiger charge is 2.24. The third-order valence-electron chi connectivity index (χ3n) is 1.24. The Labute approximate surface area is 73.6 Å². The molecule has 0 atom stereocenters. The molecule has 13 heavy (non-hydrogen) atoms. The molecule has 0 aliphatic heterocycles. The summed E-state index contributed by atoms with van der Waals surface area (Å²) in [4.78, 5) is 7.13. The topological polar surface area (TPSA) is 59.9 Å². The molecule has 1 aromatic rings. The molecule has 0 bridgehead atoms. The first kappa shape index (κ1) is 9.97. The lowest BCUT2D eigenvalue weighted by Gasteiger charge is -2.00. The van der Waals surface area contributed by atoms with Gasteiger partial charge in [-0.2, -0.15) is 8.78 Å². The summed E-state index contributed by atoms with van der Waals surface area (Å²) in [5.74, 6) is -4.15. The second kappa shape index (κ2) is 3.73. The molecule has 1 rings (SSSR count). The van der Waals surface area contributed by atoms with E-state index in [1.165, 1.54) is 12.4 Å². The van der Waals surface area contributed by atoms with Gasteiger partial charge in [0.25, 0.3) is 0 Å². The predicted molar refractivity (Wildman–Crippen MR) is 40.7 cm³/mol. The molecule has 0 saturated carbocycles. The maximum absolute atomic E-state index is 11.9. The predicted octanol–water partition coefficient (Wildman–Crippen LogP) is 0.614. The van der Waals surface area contributed by atoms with E-state index in [9.17, 15) is 17.2 Å². The van der Waals surface area contributed by atoms with Crippen molar-refractivity contribution in [1.82, 2.24) is 9.97 Å². The number of halogens is 2. The van der Waals surface area contributed by atoms with Crippen LogP contribution in [-0.4, -0.2) is 24.1 Å². The summed E-state index contributed by atoms with van der Waals surface area (Å²) in [7, 11) is -4.39. The Bertz CT molecular complexity index is 365. The Morgan fingerprint density at radius 2 is 2.08 bits per heavy atom. The Balaban J connectivity index is 2.82. The second-order valence-electron chi connectivity index (χ2n) is 2.26. The molecule has 0 fully saturated rings. The van der Waals surface area contributed by atoms with E-state index in [1.807, 2.05) is 0 Å². The molecule has 0 aliphatic rings. The van der Waals surface area contributed by atoms with Crippen molar-refractivity contribution in [2.45, 2.75) is 11.5 Å². The molecule has 0 N–H and O–H groups in total. The third kappa shape index (κ3) is 2.69. The van der Waals surface area contributed by atoms with Crippen LogP contribution in [0.2, 0.25) is 0 Å². The van der Waals surface area contributed by atoms with E-state index >= 15 is 0 Å². The highest BCUT2D eigenvalue weighted by atomic mass is 32.2. The summed E-state index contributed by atoms with van der Waals surface area (Å²) in [6, 6.07) is 0. The number of sulfone groups is 1. The Morgan fingerprint density at radius 3 is 2.54 bits per heavy atom. The smallest absolute Gasteiger partial charge is 0.261 e. The van der Waals surface area contributed by atoms with Crippen molar-refractivity contribution in [2.75, 3.05) is 0 Å². The lowest BCUT2D eigenvalue weighted by Crippen LogP contribution is -2.14. The maximum atomic E-state index is 11.9. The van der Waals surface area contributed by atoms with Gasteiger partial charge in [-0.1, -0.05) is 0 Å². The van der Waals surface area contributed by atoms with E-state index in [4.69, 9.17) is 0 Å². The van der Waals surface area contributed by atoms with Crippen molar-refractivity contribution >= 4 is 9.84 Å². The normalized spacial score (nSPS) is 11.9. The van der Waals surface area contributed by atoms with Crippen LogP contribution in [0.1, 0.15) is 5.69 Å². The second-order valence-corrected chi connectivity index (χ2v) is 4.24. The van der Waals surface area contributed by atoms with Gasteiger partial charge in [0.05, 0.1) is 11.4 Å². The number of nitrogens with zero attached hydrogens (tertiary/aromatic N) is 2. The van der Waals surface area contributed by atoms with Crippen LogP contribution in [-0.2, 0) is 15.6 Å². The number of alkyl halides is 2. The van der Waals surface area contributed by atoms with Crippen LogP contribution in [0.4, 0.5) is 8.78 Å². The zero-order chi connectivity index (χ0) is 9.90. The summed E-state index contributed by atoms with van der Waals surface area (Å²) in [6.45, 7) is 0. The first-order valence-electron chi connectivity index (χ1n) is 3.27. The molecule has 0 unspecified atom stereocenters. The fourth-order valence-corrected chi connectivity index (χ4v) is 1.36. The Hall–Kier alpha value is -1.11. The van der Waals surface area contributed by atoms with Crippen LogP contribution in [0.25, 0.3) is 0 Å². The minimum absolute atomic E-state index is 0.0165. The number of rotatable bonds is 3. The van der Waals surface area contributed by atoms with Gasteiger partial charge >= 0.3 is 5.76 Å². The molecule has 0 aliphatic carbocycles. The number of hydrogen-bond donors (Lipinski definition) is 0. The summed E-state index contributed by atoms with van der Waals surface area (Å²) >= 11 is 0. The quantitative estimate of drug-likeness (QED) is 0.730. The van der Waals surface area contributed by atoms with Gasteiger partial charge in [0.1, 0.15) is 0 Å². The largest absolute Gasteiger partial charge is 0.337 e. The van der Waals surface area contributed by atoms with Gasteiger partial charge in [0.15, 0.2) is 0 Å². The van der Waals surface area contributed by atoms with Gasteiger partial charge < -0.3 is 0 Å². The fraction of sp³-hybridized carbons (Fsp3) is 0.333. The van der Waals surface area contributed by atoms with Gasteiger partial charge in [-0.25, -0.2) is 8.42 Å². The fourth-order valence-electron chi connectivity index (χ4n) is 0.674. The molecule has 1 heterocycles. The zero-order valence-electron chi connectivity index (χ0n) is 6.39. The minimum atomic E-state index is -4.39. The van der Waals surface area contributed by atoms with Crippen molar-refractivity contribution < 1.29 is 17.2 Å². The van der Waals surface area contributed by atoms with Crippen LogP contribution >= 0.6 is 0 Å². The van der Waals surface area contributed by atoms with Crippen LogP contribution in [0.3, 0.4) is 0 Å². The van der Waals surface area contributed by atoms with Crippen molar-refractivity contribution in [3.8, 4) is 0 Å². The Kier molecular flexibility index (Phi) is 2.86. The zero-order valence-corrected chi connectivity index (χ0v) is 7.21. The van der Waals surface area contributed by atoms with Crippen molar-refractivity contribution in [2.24, 2.45) is 0 Å². The maximum Gasteiger partial charge on any atom is 0.337 e. The molecule has 0 radical (unpaired) electrons. The highest BCUT2D eigenvalue weighted by Crippen LogP contribution is 2.10. The molecule has 1 aromatic heterocycles. The standard InChI is InChI=1S/C6H6F2N2O2S/c7-6(8)13(11,12)4-5-3-9-1-2-10-5/h1-3,6H,4H2. The van der Waals surface area contributed by atoms with Gasteiger partial charge in [0.2, 0.25) is 9.84 Å². The minimum Gasteiger partial charge on any atom is -0.261 e. The molecule has 0 amide bonds. The number of hydrogen-bond acceptors (Lipinski definition) is 4. The summed E-state index contributed by atoms with van der Waals surface area (Å²) < 4.78 is 45.1. The molecular weight excluding hydrogens is 202 g/mol. The molecular formula is C6H6F2N2O2S. The van der Waals surface area contributed by atoms with Gasteiger partial charge in [-0.05, 0) is 0 Å². The average Bonchev–Trinajstić information content (AvgIpc) is 2.05. The first-order chi connectivity index (χ1) is 6.02. The molecule has 72 valence electrons. The van der Waals surface area contributed by atoms with E-state index < -0.39 is 21.3 Å². The average molecular weight is 208 g/mol. The molecule has 0 saturated heterocycles. The molecule has 4 nitrogen and oxygen atoms in total. The summed E-state index contributed by atoms with van der Waals surface area (Å²) in [5.41, 5.74) is 0.0165. The van der Waals surface area contributed by atoms with E-state index in [1.54, 1.807) is 0 Å². The molecule has 0 aromatic carbocycles. The van der Waals surface area contributed by atoms with E-state index in [0.29, 0.717) is 0 Å². The van der Waals surface area contributed by atoms with E-state index in [2.05, 4.69) is 9.97 Å². The van der Waals surface area contributed by atoms with Crippen LogP contribution in [0.5, 0.6) is 0 Å². The number of aromatic nitrogens is 2. The summed E-state index contributed by atoms with van der Waals surface area (Å²) in [5, 5.41) is 0. The van der Waals surface area contributed by atoms with E-state index in [-0.39, 0.29) is 5.69 Å².